The number of piperidine rings is 1. The predicted molar refractivity (Wildman–Crippen MR) is 137 cm³/mol. The summed E-state index contributed by atoms with van der Waals surface area (Å²) in [6.45, 7) is 3.07. The fourth-order valence-corrected chi connectivity index (χ4v) is 6.34. The molecule has 0 saturated carbocycles. The van der Waals surface area contributed by atoms with Gasteiger partial charge in [0.2, 0.25) is 15.9 Å². The average Bonchev–Trinajstić information content (AvgIpc) is 3.07. The number of benzene rings is 2. The molecule has 0 radical (unpaired) electrons. The van der Waals surface area contributed by atoms with Crippen LogP contribution in [0.5, 0.6) is 11.5 Å². The van der Waals surface area contributed by atoms with Crippen LogP contribution in [0.25, 0.3) is 0 Å². The number of hydrogen-bond acceptors (Lipinski definition) is 7. The highest BCUT2D eigenvalue weighted by atomic mass is 32.2. The number of rotatable bonds is 6. The molecule has 202 valence electrons. The fourth-order valence-electron chi connectivity index (χ4n) is 4.82. The first kappa shape index (κ1) is 26.0. The minimum absolute atomic E-state index is 0.150. The van der Waals surface area contributed by atoms with Gasteiger partial charge < -0.3 is 20.1 Å². The number of hydrogen-bond donors (Lipinski definition) is 2. The highest BCUT2D eigenvalue weighted by Gasteiger charge is 2.49. The zero-order valence-electron chi connectivity index (χ0n) is 21.1. The molecule has 5 rings (SSSR count). The summed E-state index contributed by atoms with van der Waals surface area (Å²) in [5.74, 6) is -0.110. The summed E-state index contributed by atoms with van der Waals surface area (Å²) in [6.07, 6.45) is 3.43. The summed E-state index contributed by atoms with van der Waals surface area (Å²) >= 11 is 0. The van der Waals surface area contributed by atoms with Crippen LogP contribution in [-0.2, 0) is 25.2 Å². The number of fused-ring (bicyclic) bond motifs is 1. The molecule has 0 spiro atoms. The average molecular weight is 543 g/mol. The lowest BCUT2D eigenvalue weighted by Gasteiger charge is -2.25. The number of amides is 4. The summed E-state index contributed by atoms with van der Waals surface area (Å²) in [7, 11) is -3.59. The molecule has 2 aromatic carbocycles. The summed E-state index contributed by atoms with van der Waals surface area (Å²) in [5.41, 5.74) is -0.522. The maximum Gasteiger partial charge on any atom is 0.325 e. The lowest BCUT2D eigenvalue weighted by Crippen LogP contribution is -2.42. The van der Waals surface area contributed by atoms with E-state index in [2.05, 4.69) is 10.6 Å². The molecular formula is C26H30N4O7S. The van der Waals surface area contributed by atoms with E-state index in [0.29, 0.717) is 49.1 Å². The molecule has 38 heavy (non-hydrogen) atoms. The number of anilines is 1. The van der Waals surface area contributed by atoms with Crippen LogP contribution in [0.1, 0.15) is 38.2 Å². The summed E-state index contributed by atoms with van der Waals surface area (Å²) in [5, 5.41) is 5.31. The molecule has 1 unspecified atom stereocenters. The zero-order chi connectivity index (χ0) is 26.9. The molecule has 11 nitrogen and oxygen atoms in total. The highest BCUT2D eigenvalue weighted by molar-refractivity contribution is 7.89. The first-order chi connectivity index (χ1) is 18.2. The monoisotopic (exact) mass is 542 g/mol. The largest absolute Gasteiger partial charge is 0.490 e. The molecule has 12 heteroatoms. The zero-order valence-corrected chi connectivity index (χ0v) is 21.9. The Hall–Kier alpha value is -3.64. The van der Waals surface area contributed by atoms with Gasteiger partial charge in [-0.05, 0) is 61.7 Å². The number of sulfonamides is 1. The topological polar surface area (TPSA) is 134 Å². The van der Waals surface area contributed by atoms with Gasteiger partial charge >= 0.3 is 6.03 Å². The van der Waals surface area contributed by atoms with E-state index >= 15 is 0 Å². The molecule has 2 N–H and O–H groups in total. The molecule has 0 aliphatic carbocycles. The third kappa shape index (κ3) is 4.93. The summed E-state index contributed by atoms with van der Waals surface area (Å²) in [6, 6.07) is 10.2. The van der Waals surface area contributed by atoms with Crippen LogP contribution in [0, 0.1) is 0 Å². The van der Waals surface area contributed by atoms with Gasteiger partial charge in [-0.25, -0.2) is 13.2 Å². The van der Waals surface area contributed by atoms with Gasteiger partial charge in [0.1, 0.15) is 12.1 Å². The van der Waals surface area contributed by atoms with Crippen molar-refractivity contribution in [3.8, 4) is 11.5 Å². The van der Waals surface area contributed by atoms with Crippen molar-refractivity contribution in [1.29, 1.82) is 0 Å². The number of carbonyl (C=O) groups excluding carboxylic acids is 3. The van der Waals surface area contributed by atoms with Crippen molar-refractivity contribution in [1.82, 2.24) is 14.5 Å². The van der Waals surface area contributed by atoms with Crippen LogP contribution in [0.4, 0.5) is 10.5 Å². The quantitative estimate of drug-likeness (QED) is 0.536. The normalized spacial score (nSPS) is 22.1. The van der Waals surface area contributed by atoms with E-state index in [1.807, 2.05) is 0 Å². The van der Waals surface area contributed by atoms with Gasteiger partial charge in [0.05, 0.1) is 18.1 Å². The van der Waals surface area contributed by atoms with Gasteiger partial charge in [-0.2, -0.15) is 4.31 Å². The van der Waals surface area contributed by atoms with Crippen molar-refractivity contribution in [3.05, 3.63) is 48.0 Å². The van der Waals surface area contributed by atoms with Crippen molar-refractivity contribution < 1.29 is 32.3 Å². The molecule has 3 heterocycles. The number of imide groups is 1. The van der Waals surface area contributed by atoms with Crippen LogP contribution < -0.4 is 20.1 Å². The Morgan fingerprint density at radius 2 is 1.66 bits per heavy atom. The predicted octanol–water partition coefficient (Wildman–Crippen LogP) is 2.43. The van der Waals surface area contributed by atoms with E-state index in [0.717, 1.165) is 30.6 Å². The van der Waals surface area contributed by atoms with Crippen molar-refractivity contribution in [3.63, 3.8) is 0 Å². The van der Waals surface area contributed by atoms with Gasteiger partial charge in [0, 0.05) is 25.2 Å². The van der Waals surface area contributed by atoms with Crippen molar-refractivity contribution in [2.45, 2.75) is 43.0 Å². The molecule has 2 aromatic rings. The Labute approximate surface area is 221 Å². The Kier molecular flexibility index (Phi) is 7.01. The van der Waals surface area contributed by atoms with Gasteiger partial charge in [0.25, 0.3) is 5.91 Å². The number of urea groups is 1. The van der Waals surface area contributed by atoms with Crippen LogP contribution >= 0.6 is 0 Å². The molecule has 3 aliphatic heterocycles. The third-order valence-corrected chi connectivity index (χ3v) is 8.91. The SMILES string of the molecule is CC1(c2ccc3c(c2)OCCCO3)NC(=O)N(CC(=O)Nc2ccc(S(=O)(=O)N3CCCCC3)cc2)C1=O. The molecule has 2 fully saturated rings. The Bertz CT molecular complexity index is 1360. The maximum atomic E-state index is 13.3. The second-order valence-corrected chi connectivity index (χ2v) is 11.6. The van der Waals surface area contributed by atoms with Crippen LogP contribution in [0.15, 0.2) is 47.4 Å². The Morgan fingerprint density at radius 3 is 2.37 bits per heavy atom. The number of nitrogens with zero attached hydrogens (tertiary/aromatic N) is 2. The van der Waals surface area contributed by atoms with E-state index < -0.39 is 40.0 Å². The number of carbonyl (C=O) groups is 3. The molecule has 0 aromatic heterocycles. The minimum atomic E-state index is -3.59. The number of nitrogens with one attached hydrogen (secondary N) is 2. The first-order valence-corrected chi connectivity index (χ1v) is 14.1. The highest BCUT2D eigenvalue weighted by Crippen LogP contribution is 2.36. The standard InChI is InChI=1S/C26H30N4O7S/c1-26(18-6-11-21-22(16-18)37-15-5-14-36-21)24(32)30(25(33)28-26)17-23(31)27-19-7-9-20(10-8-19)38(34,35)29-12-3-2-4-13-29/h6-11,16H,2-5,12-15,17H2,1H3,(H,27,31)(H,28,33). The second-order valence-electron chi connectivity index (χ2n) is 9.70. The van der Waals surface area contributed by atoms with Gasteiger partial charge in [-0.15, -0.1) is 0 Å². The minimum Gasteiger partial charge on any atom is -0.490 e. The number of ether oxygens (including phenoxy) is 2. The Morgan fingerprint density at radius 1 is 0.974 bits per heavy atom. The van der Waals surface area contributed by atoms with E-state index in [-0.39, 0.29) is 4.90 Å². The van der Waals surface area contributed by atoms with Gasteiger partial charge in [-0.3, -0.25) is 14.5 Å². The molecule has 3 aliphatic rings. The molecule has 0 bridgehead atoms. The van der Waals surface area contributed by atoms with Crippen LogP contribution in [0.3, 0.4) is 0 Å². The van der Waals surface area contributed by atoms with Gasteiger partial charge in [0.15, 0.2) is 11.5 Å². The van der Waals surface area contributed by atoms with Crippen molar-refractivity contribution >= 4 is 33.6 Å². The molecular weight excluding hydrogens is 512 g/mol. The van der Waals surface area contributed by atoms with Crippen LogP contribution in [0.2, 0.25) is 0 Å². The lowest BCUT2D eigenvalue weighted by molar-refractivity contribution is -0.133. The smallest absolute Gasteiger partial charge is 0.325 e. The third-order valence-electron chi connectivity index (χ3n) is 6.99. The van der Waals surface area contributed by atoms with Gasteiger partial charge in [-0.1, -0.05) is 12.5 Å². The van der Waals surface area contributed by atoms with Crippen LogP contribution in [-0.4, -0.2) is 68.3 Å². The molecule has 2 saturated heterocycles. The first-order valence-electron chi connectivity index (χ1n) is 12.6. The fraction of sp³-hybridized carbons (Fsp3) is 0.423. The molecule has 1 atom stereocenters. The maximum absolute atomic E-state index is 13.3. The molecule has 4 amide bonds. The van der Waals surface area contributed by atoms with Crippen molar-refractivity contribution in [2.75, 3.05) is 38.2 Å². The lowest BCUT2D eigenvalue weighted by atomic mass is 9.91. The summed E-state index contributed by atoms with van der Waals surface area (Å²) in [4.78, 5) is 39.7. The van der Waals surface area contributed by atoms with E-state index in [1.54, 1.807) is 25.1 Å². The Balaban J connectivity index is 1.25. The van der Waals surface area contributed by atoms with E-state index in [1.165, 1.54) is 28.6 Å². The van der Waals surface area contributed by atoms with Crippen molar-refractivity contribution in [2.24, 2.45) is 0 Å². The van der Waals surface area contributed by atoms with E-state index in [9.17, 15) is 22.8 Å². The summed E-state index contributed by atoms with van der Waals surface area (Å²) < 4.78 is 38.5. The van der Waals surface area contributed by atoms with E-state index in [4.69, 9.17) is 9.47 Å². The second kappa shape index (κ2) is 10.3.